The summed E-state index contributed by atoms with van der Waals surface area (Å²) in [5.74, 6) is 1.46. The Hall–Kier alpha value is -1.72. The largest absolute Gasteiger partial charge is 0.443 e. The van der Waals surface area contributed by atoms with Gasteiger partial charge in [0.2, 0.25) is 0 Å². The number of amides is 1. The van der Waals surface area contributed by atoms with E-state index in [0.717, 1.165) is 31.4 Å². The van der Waals surface area contributed by atoms with Gasteiger partial charge in [-0.25, -0.2) is 9.48 Å². The van der Waals surface area contributed by atoms with Gasteiger partial charge >= 0.3 is 6.09 Å². The SMILES string of the molecule is CC(C)(OC(N)=O)C1CCC(c2cc(N)n(C(C)(C)C)n2)CC1. The minimum atomic E-state index is -0.700. The molecule has 130 valence electrons. The van der Waals surface area contributed by atoms with Gasteiger partial charge in [0.15, 0.2) is 0 Å². The second kappa shape index (κ2) is 6.06. The van der Waals surface area contributed by atoms with Gasteiger partial charge in [-0.15, -0.1) is 0 Å². The molecule has 2 rings (SSSR count). The minimum absolute atomic E-state index is 0.114. The van der Waals surface area contributed by atoms with E-state index in [0.29, 0.717) is 17.7 Å². The number of hydrogen-bond acceptors (Lipinski definition) is 4. The van der Waals surface area contributed by atoms with Crippen LogP contribution in [-0.4, -0.2) is 21.5 Å². The maximum atomic E-state index is 11.1. The zero-order valence-electron chi connectivity index (χ0n) is 14.9. The molecular formula is C17H30N4O2. The Kier molecular flexibility index (Phi) is 4.64. The molecule has 1 aliphatic carbocycles. The number of primary amides is 1. The highest BCUT2D eigenvalue weighted by Gasteiger charge is 2.37. The van der Waals surface area contributed by atoms with Crippen LogP contribution in [0.2, 0.25) is 0 Å². The summed E-state index contributed by atoms with van der Waals surface area (Å²) in [5.41, 5.74) is 11.7. The van der Waals surface area contributed by atoms with Gasteiger partial charge in [-0.3, -0.25) is 0 Å². The predicted octanol–water partition coefficient (Wildman–Crippen LogP) is 3.37. The number of hydrogen-bond donors (Lipinski definition) is 2. The maximum absolute atomic E-state index is 11.1. The summed E-state index contributed by atoms with van der Waals surface area (Å²) in [5, 5.41) is 4.73. The van der Waals surface area contributed by atoms with E-state index in [1.54, 1.807) is 0 Å². The number of ether oxygens (including phenoxy) is 1. The lowest BCUT2D eigenvalue weighted by atomic mass is 9.74. The van der Waals surface area contributed by atoms with Crippen LogP contribution in [-0.2, 0) is 10.3 Å². The van der Waals surface area contributed by atoms with Gasteiger partial charge in [-0.2, -0.15) is 5.10 Å². The lowest BCUT2D eigenvalue weighted by molar-refractivity contribution is -0.0160. The summed E-state index contributed by atoms with van der Waals surface area (Å²) in [6.45, 7) is 10.2. The van der Waals surface area contributed by atoms with Crippen molar-refractivity contribution in [3.63, 3.8) is 0 Å². The van der Waals surface area contributed by atoms with E-state index in [-0.39, 0.29) is 5.54 Å². The molecule has 4 N–H and O–H groups in total. The molecule has 0 aromatic carbocycles. The van der Waals surface area contributed by atoms with Gasteiger partial charge in [0, 0.05) is 12.0 Å². The third kappa shape index (κ3) is 3.98. The van der Waals surface area contributed by atoms with Crippen molar-refractivity contribution >= 4 is 11.9 Å². The lowest BCUT2D eigenvalue weighted by Crippen LogP contribution is -2.40. The summed E-state index contributed by atoms with van der Waals surface area (Å²) in [6, 6.07) is 2.00. The van der Waals surface area contributed by atoms with Crippen molar-refractivity contribution in [2.75, 3.05) is 5.73 Å². The molecule has 0 spiro atoms. The number of carbonyl (C=O) groups is 1. The number of nitrogens with two attached hydrogens (primary N) is 2. The molecule has 1 amide bonds. The van der Waals surface area contributed by atoms with Crippen molar-refractivity contribution < 1.29 is 9.53 Å². The lowest BCUT2D eigenvalue weighted by Gasteiger charge is -2.38. The van der Waals surface area contributed by atoms with Gasteiger partial charge < -0.3 is 16.2 Å². The fourth-order valence-electron chi connectivity index (χ4n) is 3.58. The first-order valence-electron chi connectivity index (χ1n) is 8.35. The number of rotatable bonds is 3. The Balaban J connectivity index is 2.04. The van der Waals surface area contributed by atoms with Gasteiger partial charge in [-0.1, -0.05) is 0 Å². The van der Waals surface area contributed by atoms with Crippen molar-refractivity contribution in [1.82, 2.24) is 9.78 Å². The summed E-state index contributed by atoms with van der Waals surface area (Å²) < 4.78 is 7.18. The van der Waals surface area contributed by atoms with Crippen LogP contribution >= 0.6 is 0 Å². The number of carbonyl (C=O) groups excluding carboxylic acids is 1. The minimum Gasteiger partial charge on any atom is -0.443 e. The monoisotopic (exact) mass is 322 g/mol. The highest BCUT2D eigenvalue weighted by molar-refractivity contribution is 5.65. The topological polar surface area (TPSA) is 96.2 Å². The first kappa shape index (κ1) is 17.6. The molecular weight excluding hydrogens is 292 g/mol. The zero-order chi connectivity index (χ0) is 17.4. The Bertz CT molecular complexity index is 564. The van der Waals surface area contributed by atoms with Gasteiger partial charge in [0.05, 0.1) is 11.2 Å². The molecule has 1 heterocycles. The van der Waals surface area contributed by atoms with Crippen LogP contribution in [0.4, 0.5) is 10.6 Å². The highest BCUT2D eigenvalue weighted by atomic mass is 16.6. The smallest absolute Gasteiger partial charge is 0.405 e. The number of aromatic nitrogens is 2. The van der Waals surface area contributed by atoms with Crippen LogP contribution in [0.25, 0.3) is 0 Å². The van der Waals surface area contributed by atoms with E-state index in [2.05, 4.69) is 20.8 Å². The number of nitrogen functional groups attached to an aromatic ring is 1. The van der Waals surface area contributed by atoms with Crippen molar-refractivity contribution in [1.29, 1.82) is 0 Å². The molecule has 0 unspecified atom stereocenters. The second-order valence-corrected chi connectivity index (χ2v) is 8.15. The van der Waals surface area contributed by atoms with E-state index < -0.39 is 11.7 Å². The average molecular weight is 322 g/mol. The predicted molar refractivity (Wildman–Crippen MR) is 91.1 cm³/mol. The first-order valence-corrected chi connectivity index (χ1v) is 8.35. The van der Waals surface area contributed by atoms with E-state index in [1.165, 1.54) is 0 Å². The normalized spacial score (nSPS) is 22.8. The van der Waals surface area contributed by atoms with Crippen molar-refractivity contribution in [3.8, 4) is 0 Å². The van der Waals surface area contributed by atoms with Crippen LogP contribution in [0.15, 0.2) is 6.07 Å². The van der Waals surface area contributed by atoms with E-state index in [4.69, 9.17) is 21.3 Å². The zero-order valence-corrected chi connectivity index (χ0v) is 14.9. The average Bonchev–Trinajstić information content (AvgIpc) is 2.79. The first-order chi connectivity index (χ1) is 10.5. The molecule has 0 bridgehead atoms. The quantitative estimate of drug-likeness (QED) is 0.891. The second-order valence-electron chi connectivity index (χ2n) is 8.15. The van der Waals surface area contributed by atoms with Crippen molar-refractivity contribution in [2.24, 2.45) is 11.7 Å². The molecule has 1 aromatic rings. The fourth-order valence-corrected chi connectivity index (χ4v) is 3.58. The van der Waals surface area contributed by atoms with Gasteiger partial charge in [0.1, 0.15) is 11.4 Å². The van der Waals surface area contributed by atoms with Crippen LogP contribution in [0.3, 0.4) is 0 Å². The summed E-state index contributed by atoms with van der Waals surface area (Å²) in [6.07, 6.45) is 3.34. The summed E-state index contributed by atoms with van der Waals surface area (Å²) >= 11 is 0. The number of nitrogens with zero attached hydrogens (tertiary/aromatic N) is 2. The highest BCUT2D eigenvalue weighted by Crippen LogP contribution is 2.41. The number of anilines is 1. The molecule has 1 saturated carbocycles. The Morgan fingerprint density at radius 2 is 1.78 bits per heavy atom. The van der Waals surface area contributed by atoms with Crippen LogP contribution in [0.1, 0.15) is 71.9 Å². The Labute approximate surface area is 138 Å². The molecule has 0 radical (unpaired) electrons. The van der Waals surface area contributed by atoms with E-state index in [1.807, 2.05) is 24.6 Å². The Morgan fingerprint density at radius 3 is 2.22 bits per heavy atom. The molecule has 23 heavy (non-hydrogen) atoms. The molecule has 1 aromatic heterocycles. The van der Waals surface area contributed by atoms with Crippen molar-refractivity contribution in [3.05, 3.63) is 11.8 Å². The standard InChI is InChI=1S/C17H30N4O2/c1-16(2,3)21-14(18)10-13(20-21)11-6-8-12(9-7-11)17(4,5)23-15(19)22/h10-12H,6-9,18H2,1-5H3,(H2,19,22). The Morgan fingerprint density at radius 1 is 1.22 bits per heavy atom. The summed E-state index contributed by atoms with van der Waals surface area (Å²) in [7, 11) is 0. The van der Waals surface area contributed by atoms with Gasteiger partial charge in [-0.05, 0) is 66.2 Å². The molecule has 0 aliphatic heterocycles. The van der Waals surface area contributed by atoms with Crippen LogP contribution < -0.4 is 11.5 Å². The van der Waals surface area contributed by atoms with E-state index in [9.17, 15) is 4.79 Å². The molecule has 6 heteroatoms. The molecule has 0 saturated heterocycles. The third-order valence-corrected chi connectivity index (χ3v) is 4.88. The summed E-state index contributed by atoms with van der Waals surface area (Å²) in [4.78, 5) is 11.1. The van der Waals surface area contributed by atoms with Gasteiger partial charge in [0.25, 0.3) is 0 Å². The molecule has 6 nitrogen and oxygen atoms in total. The molecule has 1 aliphatic rings. The fraction of sp³-hybridized carbons (Fsp3) is 0.765. The third-order valence-electron chi connectivity index (χ3n) is 4.88. The maximum Gasteiger partial charge on any atom is 0.405 e. The molecule has 1 fully saturated rings. The molecule has 0 atom stereocenters. The van der Waals surface area contributed by atoms with E-state index >= 15 is 0 Å². The van der Waals surface area contributed by atoms with Crippen LogP contribution in [0.5, 0.6) is 0 Å². The van der Waals surface area contributed by atoms with Crippen molar-refractivity contribution in [2.45, 2.75) is 77.4 Å². The van der Waals surface area contributed by atoms with Crippen LogP contribution in [0, 0.1) is 5.92 Å².